The Morgan fingerprint density at radius 2 is 1.95 bits per heavy atom. The van der Waals surface area contributed by atoms with Gasteiger partial charge in [0.2, 0.25) is 0 Å². The van der Waals surface area contributed by atoms with E-state index in [1.165, 1.54) is 11.3 Å². The van der Waals surface area contributed by atoms with Crippen LogP contribution in [0.25, 0.3) is 0 Å². The van der Waals surface area contributed by atoms with E-state index < -0.39 is 5.60 Å². The molecule has 0 atom stereocenters. The summed E-state index contributed by atoms with van der Waals surface area (Å²) >= 11 is 12.9. The van der Waals surface area contributed by atoms with Crippen LogP contribution in [0.1, 0.15) is 49.9 Å². The predicted octanol–water partition coefficient (Wildman–Crippen LogP) is 4.12. The summed E-state index contributed by atoms with van der Waals surface area (Å²) in [5.41, 5.74) is -0.154. The fraction of sp³-hybridized carbons (Fsp3) is 0.643. The van der Waals surface area contributed by atoms with E-state index >= 15 is 0 Å². The highest BCUT2D eigenvalue weighted by Crippen LogP contribution is 2.40. The summed E-state index contributed by atoms with van der Waals surface area (Å²) in [5.74, 6) is -0.281. The molecular weight excluding hydrogens is 317 g/mol. The number of rotatable bonds is 3. The van der Waals surface area contributed by atoms with E-state index in [9.17, 15) is 9.90 Å². The van der Waals surface area contributed by atoms with Gasteiger partial charge < -0.3 is 10.4 Å². The molecule has 2 N–H and O–H groups in total. The maximum absolute atomic E-state index is 12.0. The second-order valence-electron chi connectivity index (χ2n) is 6.31. The zero-order valence-corrected chi connectivity index (χ0v) is 14.0. The van der Waals surface area contributed by atoms with Crippen LogP contribution in [0.5, 0.6) is 0 Å². The minimum absolute atomic E-state index is 0.256. The van der Waals surface area contributed by atoms with Gasteiger partial charge in [-0.1, -0.05) is 37.0 Å². The number of carbonyl (C=O) groups excluding carboxylic acids is 1. The lowest BCUT2D eigenvalue weighted by atomic mass is 9.71. The third-order valence-corrected chi connectivity index (χ3v) is 5.50. The van der Waals surface area contributed by atoms with Gasteiger partial charge in [0.15, 0.2) is 0 Å². The van der Waals surface area contributed by atoms with E-state index in [1.54, 1.807) is 6.07 Å². The molecule has 1 aliphatic rings. The molecule has 0 unspecified atom stereocenters. The van der Waals surface area contributed by atoms with Crippen LogP contribution in [-0.2, 0) is 0 Å². The number of aliphatic hydroxyl groups is 1. The number of nitrogens with one attached hydrogen (secondary N) is 1. The first-order valence-electron chi connectivity index (χ1n) is 6.66. The Bertz CT molecular complexity index is 503. The van der Waals surface area contributed by atoms with E-state index in [2.05, 4.69) is 19.2 Å². The van der Waals surface area contributed by atoms with Crippen molar-refractivity contribution in [1.29, 1.82) is 0 Å². The minimum Gasteiger partial charge on any atom is -0.388 e. The van der Waals surface area contributed by atoms with Crippen LogP contribution in [-0.4, -0.2) is 23.2 Å². The summed E-state index contributed by atoms with van der Waals surface area (Å²) in [5, 5.41) is 13.3. The summed E-state index contributed by atoms with van der Waals surface area (Å²) in [6.45, 7) is 4.67. The van der Waals surface area contributed by atoms with Crippen molar-refractivity contribution in [1.82, 2.24) is 5.32 Å². The second-order valence-corrected chi connectivity index (χ2v) is 8.59. The van der Waals surface area contributed by atoms with Crippen molar-refractivity contribution in [2.45, 2.75) is 45.1 Å². The normalized spacial score (nSPS) is 20.6. The summed E-state index contributed by atoms with van der Waals surface area (Å²) in [4.78, 5) is 12.0. The Hall–Kier alpha value is -0.290. The predicted molar refractivity (Wildman–Crippen MR) is 83.9 cm³/mol. The van der Waals surface area contributed by atoms with Gasteiger partial charge in [-0.3, -0.25) is 4.79 Å². The monoisotopic (exact) mass is 335 g/mol. The molecular formula is C14H19Cl2NO2S. The molecule has 1 saturated carbocycles. The summed E-state index contributed by atoms with van der Waals surface area (Å²) in [6, 6.07) is 1.55. The van der Waals surface area contributed by atoms with Crippen molar-refractivity contribution in [3.05, 3.63) is 20.3 Å². The van der Waals surface area contributed by atoms with Crippen molar-refractivity contribution in [3.63, 3.8) is 0 Å². The fourth-order valence-corrected chi connectivity index (χ4v) is 3.86. The van der Waals surface area contributed by atoms with Gasteiger partial charge in [0.1, 0.15) is 4.34 Å². The maximum atomic E-state index is 12.0. The van der Waals surface area contributed by atoms with Gasteiger partial charge in [0, 0.05) is 6.54 Å². The molecule has 0 spiro atoms. The molecule has 2 rings (SSSR count). The van der Waals surface area contributed by atoms with Gasteiger partial charge in [-0.25, -0.2) is 0 Å². The molecule has 3 nitrogen and oxygen atoms in total. The first-order valence-corrected chi connectivity index (χ1v) is 8.24. The van der Waals surface area contributed by atoms with Crippen LogP contribution in [0.2, 0.25) is 8.67 Å². The molecule has 0 saturated heterocycles. The number of thiophene rings is 1. The summed E-state index contributed by atoms with van der Waals surface area (Å²) < 4.78 is 0.863. The number of carbonyl (C=O) groups is 1. The van der Waals surface area contributed by atoms with E-state index in [0.717, 1.165) is 12.8 Å². The Labute approximate surface area is 133 Å². The molecule has 1 fully saturated rings. The zero-order valence-electron chi connectivity index (χ0n) is 11.6. The van der Waals surface area contributed by atoms with E-state index in [4.69, 9.17) is 23.2 Å². The third-order valence-electron chi connectivity index (χ3n) is 4.01. The number of halogens is 2. The highest BCUT2D eigenvalue weighted by Gasteiger charge is 2.36. The Morgan fingerprint density at radius 1 is 1.35 bits per heavy atom. The van der Waals surface area contributed by atoms with Crippen LogP contribution < -0.4 is 5.32 Å². The lowest BCUT2D eigenvalue weighted by Gasteiger charge is -2.40. The molecule has 6 heteroatoms. The molecule has 0 aromatic carbocycles. The van der Waals surface area contributed by atoms with Crippen LogP contribution >= 0.6 is 34.5 Å². The van der Waals surface area contributed by atoms with Crippen molar-refractivity contribution >= 4 is 40.4 Å². The fourth-order valence-electron chi connectivity index (χ4n) is 2.40. The third kappa shape index (κ3) is 3.88. The van der Waals surface area contributed by atoms with Crippen molar-refractivity contribution in [2.24, 2.45) is 5.41 Å². The molecule has 0 aliphatic heterocycles. The van der Waals surface area contributed by atoms with Crippen LogP contribution in [0.3, 0.4) is 0 Å². The smallest absolute Gasteiger partial charge is 0.253 e. The van der Waals surface area contributed by atoms with E-state index in [0.29, 0.717) is 27.1 Å². The van der Waals surface area contributed by atoms with Crippen molar-refractivity contribution < 1.29 is 9.90 Å². The number of hydrogen-bond donors (Lipinski definition) is 2. The number of hydrogen-bond acceptors (Lipinski definition) is 3. The average molecular weight is 336 g/mol. The van der Waals surface area contributed by atoms with Gasteiger partial charge in [-0.2, -0.15) is 0 Å². The Morgan fingerprint density at radius 3 is 2.45 bits per heavy atom. The quantitative estimate of drug-likeness (QED) is 0.872. The van der Waals surface area contributed by atoms with Gasteiger partial charge in [-0.15, -0.1) is 11.3 Å². The molecule has 1 aromatic rings. The van der Waals surface area contributed by atoms with Crippen LogP contribution in [0.15, 0.2) is 6.07 Å². The Balaban J connectivity index is 1.92. The standard InChI is InChI=1S/C14H19Cl2NO2S/c1-13(2)3-5-14(19,6-4-13)8-17-12(18)9-7-10(15)20-11(9)16/h7,19H,3-6,8H2,1-2H3,(H,17,18). The highest BCUT2D eigenvalue weighted by atomic mass is 35.5. The topological polar surface area (TPSA) is 49.3 Å². The Kier molecular flexibility index (Phi) is 4.69. The average Bonchev–Trinajstić information content (AvgIpc) is 2.70. The largest absolute Gasteiger partial charge is 0.388 e. The minimum atomic E-state index is -0.808. The van der Waals surface area contributed by atoms with Gasteiger partial charge in [-0.05, 0) is 37.2 Å². The molecule has 1 aromatic heterocycles. The first-order chi connectivity index (χ1) is 9.21. The zero-order chi connectivity index (χ0) is 15.0. The van der Waals surface area contributed by atoms with Crippen molar-refractivity contribution in [2.75, 3.05) is 6.54 Å². The summed E-state index contributed by atoms with van der Waals surface area (Å²) in [7, 11) is 0. The van der Waals surface area contributed by atoms with E-state index in [-0.39, 0.29) is 17.9 Å². The lowest BCUT2D eigenvalue weighted by molar-refractivity contribution is -0.0233. The second kappa shape index (κ2) is 5.84. The molecule has 1 aliphatic carbocycles. The maximum Gasteiger partial charge on any atom is 0.253 e. The molecule has 0 radical (unpaired) electrons. The van der Waals surface area contributed by atoms with Crippen LogP contribution in [0.4, 0.5) is 0 Å². The van der Waals surface area contributed by atoms with Gasteiger partial charge in [0.05, 0.1) is 15.5 Å². The first kappa shape index (κ1) is 16.1. The molecule has 1 heterocycles. The molecule has 20 heavy (non-hydrogen) atoms. The molecule has 112 valence electrons. The SMILES string of the molecule is CC1(C)CCC(O)(CNC(=O)c2cc(Cl)sc2Cl)CC1. The van der Waals surface area contributed by atoms with Gasteiger partial charge >= 0.3 is 0 Å². The van der Waals surface area contributed by atoms with Gasteiger partial charge in [0.25, 0.3) is 5.91 Å². The molecule has 1 amide bonds. The lowest BCUT2D eigenvalue weighted by Crippen LogP contribution is -2.46. The summed E-state index contributed by atoms with van der Waals surface area (Å²) in [6.07, 6.45) is 3.34. The highest BCUT2D eigenvalue weighted by molar-refractivity contribution is 7.20. The van der Waals surface area contributed by atoms with Crippen LogP contribution in [0, 0.1) is 5.41 Å². The number of amides is 1. The van der Waals surface area contributed by atoms with Crippen molar-refractivity contribution in [3.8, 4) is 0 Å². The molecule has 0 bridgehead atoms. The van der Waals surface area contributed by atoms with E-state index in [1.807, 2.05) is 0 Å².